The van der Waals surface area contributed by atoms with Gasteiger partial charge in [0.1, 0.15) is 0 Å². The van der Waals surface area contributed by atoms with Crippen molar-refractivity contribution in [1.29, 1.82) is 0 Å². The first kappa shape index (κ1) is 17.5. The maximum Gasteiger partial charge on any atom is 0.0924 e. The molecule has 0 spiro atoms. The van der Waals surface area contributed by atoms with E-state index >= 15 is 0 Å². The van der Waals surface area contributed by atoms with Crippen LogP contribution >= 0.6 is 11.6 Å². The van der Waals surface area contributed by atoms with Gasteiger partial charge in [-0.3, -0.25) is 0 Å². The van der Waals surface area contributed by atoms with E-state index in [9.17, 15) is 5.11 Å². The van der Waals surface area contributed by atoms with E-state index in [1.54, 1.807) is 0 Å². The highest BCUT2D eigenvalue weighted by molar-refractivity contribution is 6.30. The number of aliphatic hydroxyl groups is 1. The Balaban J connectivity index is 3.05. The molecule has 0 aliphatic carbocycles. The van der Waals surface area contributed by atoms with Crippen LogP contribution in [0.3, 0.4) is 0 Å². The number of hydrogen-bond donors (Lipinski definition) is 1. The normalized spacial score (nSPS) is 15.8. The Morgan fingerprint density at radius 2 is 1.85 bits per heavy atom. The summed E-state index contributed by atoms with van der Waals surface area (Å²) in [5.41, 5.74) is 0.256. The zero-order valence-corrected chi connectivity index (χ0v) is 13.9. The molecule has 0 saturated heterocycles. The van der Waals surface area contributed by atoms with Crippen LogP contribution in [0.15, 0.2) is 24.3 Å². The fraction of sp³-hybridized carbons (Fsp3) is 0.667. The molecule has 1 nitrogen and oxygen atoms in total. The van der Waals surface area contributed by atoms with Gasteiger partial charge in [-0.2, -0.15) is 0 Å². The molecule has 2 atom stereocenters. The summed E-state index contributed by atoms with van der Waals surface area (Å²) in [5.74, 6) is 0.312. The van der Waals surface area contributed by atoms with Crippen molar-refractivity contribution in [3.8, 4) is 0 Å². The van der Waals surface area contributed by atoms with Crippen molar-refractivity contribution in [1.82, 2.24) is 0 Å². The minimum Gasteiger partial charge on any atom is -0.385 e. The third-order valence-electron chi connectivity index (χ3n) is 4.31. The first-order valence-corrected chi connectivity index (χ1v) is 8.44. The third-order valence-corrected chi connectivity index (χ3v) is 4.55. The summed E-state index contributed by atoms with van der Waals surface area (Å²) >= 11 is 6.13. The highest BCUT2D eigenvalue weighted by atomic mass is 35.5. The maximum absolute atomic E-state index is 11.4. The van der Waals surface area contributed by atoms with Crippen LogP contribution in [-0.2, 0) is 5.60 Å². The molecule has 0 saturated carbocycles. The molecule has 0 amide bonds. The van der Waals surface area contributed by atoms with Crippen LogP contribution in [0.1, 0.15) is 71.3 Å². The lowest BCUT2D eigenvalue weighted by Crippen LogP contribution is -2.35. The third kappa shape index (κ3) is 4.49. The topological polar surface area (TPSA) is 20.2 Å². The van der Waals surface area contributed by atoms with Gasteiger partial charge in [0.25, 0.3) is 0 Å². The molecule has 1 rings (SSSR count). The van der Waals surface area contributed by atoms with Gasteiger partial charge in [-0.25, -0.2) is 0 Å². The Kier molecular flexibility index (Phi) is 7.61. The largest absolute Gasteiger partial charge is 0.385 e. The predicted octanol–water partition coefficient (Wildman–Crippen LogP) is 5.93. The second kappa shape index (κ2) is 8.69. The second-order valence-corrected chi connectivity index (χ2v) is 6.22. The van der Waals surface area contributed by atoms with Crippen LogP contribution in [0, 0.1) is 5.92 Å². The van der Waals surface area contributed by atoms with Crippen LogP contribution in [-0.4, -0.2) is 5.11 Å². The fourth-order valence-electron chi connectivity index (χ4n) is 3.02. The molecule has 0 unspecified atom stereocenters. The smallest absolute Gasteiger partial charge is 0.0924 e. The highest BCUT2D eigenvalue weighted by Crippen LogP contribution is 2.40. The molecule has 1 aromatic carbocycles. The molecule has 20 heavy (non-hydrogen) atoms. The summed E-state index contributed by atoms with van der Waals surface area (Å²) in [7, 11) is 0. The maximum atomic E-state index is 11.4. The van der Waals surface area contributed by atoms with Crippen LogP contribution in [0.2, 0.25) is 5.02 Å². The van der Waals surface area contributed by atoms with Gasteiger partial charge in [0.2, 0.25) is 0 Å². The van der Waals surface area contributed by atoms with Gasteiger partial charge < -0.3 is 5.11 Å². The molecule has 0 aliphatic heterocycles. The standard InChI is InChI=1S/C18H29ClO/c1-4-7-10-15(6-3)18(20,13-8-5-2)16-11-9-12-17(19)14-16/h9,11-12,14-15,20H,4-8,10,13H2,1-3H3/t15-,18+/m0/s1. The average Bonchev–Trinajstić information content (AvgIpc) is 2.45. The molecule has 1 N–H and O–H groups in total. The SMILES string of the molecule is CCCC[C@H](CC)[C@](O)(CCCC)c1cccc(Cl)c1. The van der Waals surface area contributed by atoms with E-state index in [4.69, 9.17) is 11.6 Å². The van der Waals surface area contributed by atoms with E-state index in [-0.39, 0.29) is 0 Å². The van der Waals surface area contributed by atoms with Crippen LogP contribution in [0.25, 0.3) is 0 Å². The van der Waals surface area contributed by atoms with E-state index < -0.39 is 5.60 Å². The molecular formula is C18H29ClO. The second-order valence-electron chi connectivity index (χ2n) is 5.79. The number of halogens is 1. The summed E-state index contributed by atoms with van der Waals surface area (Å²) in [6.07, 6.45) is 7.42. The first-order valence-electron chi connectivity index (χ1n) is 8.06. The van der Waals surface area contributed by atoms with Crippen molar-refractivity contribution in [2.45, 2.75) is 71.3 Å². The van der Waals surface area contributed by atoms with Crippen molar-refractivity contribution in [3.05, 3.63) is 34.9 Å². The molecule has 0 aliphatic rings. The van der Waals surface area contributed by atoms with Crippen molar-refractivity contribution in [2.75, 3.05) is 0 Å². The molecular weight excluding hydrogens is 268 g/mol. The zero-order valence-electron chi connectivity index (χ0n) is 13.2. The van der Waals surface area contributed by atoms with Crippen molar-refractivity contribution in [2.24, 2.45) is 5.92 Å². The molecule has 0 fully saturated rings. The molecule has 114 valence electrons. The molecule has 0 aromatic heterocycles. The van der Waals surface area contributed by atoms with Crippen LogP contribution in [0.4, 0.5) is 0 Å². The monoisotopic (exact) mass is 296 g/mol. The minimum absolute atomic E-state index is 0.312. The van der Waals surface area contributed by atoms with Gasteiger partial charge >= 0.3 is 0 Å². The molecule has 2 heteroatoms. The van der Waals surface area contributed by atoms with Gasteiger partial charge in [-0.1, -0.05) is 76.6 Å². The predicted molar refractivity (Wildman–Crippen MR) is 88.2 cm³/mol. The van der Waals surface area contributed by atoms with E-state index in [2.05, 4.69) is 20.8 Å². The Labute approximate surface area is 129 Å². The molecule has 0 heterocycles. The molecule has 0 radical (unpaired) electrons. The van der Waals surface area contributed by atoms with E-state index in [1.165, 1.54) is 12.8 Å². The average molecular weight is 297 g/mol. The Morgan fingerprint density at radius 1 is 1.15 bits per heavy atom. The summed E-state index contributed by atoms with van der Waals surface area (Å²) in [4.78, 5) is 0. The number of unbranched alkanes of at least 4 members (excludes halogenated alkanes) is 2. The molecule has 0 bridgehead atoms. The summed E-state index contributed by atoms with van der Waals surface area (Å²) in [6.45, 7) is 6.56. The Hall–Kier alpha value is -0.530. The van der Waals surface area contributed by atoms with Gasteiger partial charge in [-0.15, -0.1) is 0 Å². The first-order chi connectivity index (χ1) is 9.58. The van der Waals surface area contributed by atoms with E-state index in [1.807, 2.05) is 24.3 Å². The van der Waals surface area contributed by atoms with Gasteiger partial charge in [-0.05, 0) is 36.5 Å². The van der Waals surface area contributed by atoms with Crippen molar-refractivity contribution < 1.29 is 5.11 Å². The quantitative estimate of drug-likeness (QED) is 0.598. The lowest BCUT2D eigenvalue weighted by atomic mass is 9.74. The molecule has 1 aromatic rings. The zero-order chi connectivity index (χ0) is 15.0. The van der Waals surface area contributed by atoms with Gasteiger partial charge in [0.05, 0.1) is 5.60 Å². The Bertz CT molecular complexity index is 391. The van der Waals surface area contributed by atoms with E-state index in [0.29, 0.717) is 10.9 Å². The Morgan fingerprint density at radius 3 is 2.40 bits per heavy atom. The van der Waals surface area contributed by atoms with E-state index in [0.717, 1.165) is 37.7 Å². The van der Waals surface area contributed by atoms with Gasteiger partial charge in [0, 0.05) is 5.02 Å². The lowest BCUT2D eigenvalue weighted by molar-refractivity contribution is -0.0397. The summed E-state index contributed by atoms with van der Waals surface area (Å²) < 4.78 is 0. The van der Waals surface area contributed by atoms with Crippen LogP contribution < -0.4 is 0 Å². The fourth-order valence-corrected chi connectivity index (χ4v) is 3.21. The van der Waals surface area contributed by atoms with Crippen LogP contribution in [0.5, 0.6) is 0 Å². The van der Waals surface area contributed by atoms with Crippen molar-refractivity contribution in [3.63, 3.8) is 0 Å². The highest BCUT2D eigenvalue weighted by Gasteiger charge is 2.36. The minimum atomic E-state index is -0.731. The number of hydrogen-bond acceptors (Lipinski definition) is 1. The van der Waals surface area contributed by atoms with Gasteiger partial charge in [0.15, 0.2) is 0 Å². The van der Waals surface area contributed by atoms with Crippen molar-refractivity contribution >= 4 is 11.6 Å². The number of benzene rings is 1. The number of rotatable bonds is 9. The lowest BCUT2D eigenvalue weighted by Gasteiger charge is -2.37. The summed E-state index contributed by atoms with van der Waals surface area (Å²) in [6, 6.07) is 7.78. The summed E-state index contributed by atoms with van der Waals surface area (Å²) in [5, 5.41) is 12.1.